The number of amides is 1. The van der Waals surface area contributed by atoms with Crippen LogP contribution in [0, 0.1) is 5.82 Å². The highest BCUT2D eigenvalue weighted by molar-refractivity contribution is 6.30. The first kappa shape index (κ1) is 16.3. The Bertz CT molecular complexity index is 631. The van der Waals surface area contributed by atoms with Crippen molar-refractivity contribution in [3.8, 4) is 5.75 Å². The Balaban J connectivity index is 1.77. The van der Waals surface area contributed by atoms with Gasteiger partial charge in [0.25, 0.3) is 5.91 Å². The predicted octanol–water partition coefficient (Wildman–Crippen LogP) is 3.61. The topological polar surface area (TPSA) is 38.3 Å². The Morgan fingerprint density at radius 3 is 2.68 bits per heavy atom. The lowest BCUT2D eigenvalue weighted by molar-refractivity contribution is -0.127. The van der Waals surface area contributed by atoms with Crippen LogP contribution in [-0.2, 0) is 11.2 Å². The van der Waals surface area contributed by atoms with E-state index in [4.69, 9.17) is 16.3 Å². The van der Waals surface area contributed by atoms with E-state index in [1.54, 1.807) is 43.3 Å². The number of benzene rings is 2. The molecule has 0 fully saturated rings. The monoisotopic (exact) mass is 321 g/mol. The minimum Gasteiger partial charge on any atom is -0.481 e. The minimum absolute atomic E-state index is 0.206. The molecule has 0 unspecified atom stereocenters. The number of halogens is 2. The molecular weight excluding hydrogens is 305 g/mol. The van der Waals surface area contributed by atoms with Gasteiger partial charge in [0.1, 0.15) is 11.6 Å². The van der Waals surface area contributed by atoms with E-state index in [2.05, 4.69) is 5.32 Å². The lowest BCUT2D eigenvalue weighted by Gasteiger charge is -2.15. The van der Waals surface area contributed by atoms with Gasteiger partial charge in [-0.25, -0.2) is 4.39 Å². The third-order valence-electron chi connectivity index (χ3n) is 3.10. The molecule has 1 amide bonds. The normalized spacial score (nSPS) is 11.8. The molecule has 0 saturated carbocycles. The van der Waals surface area contributed by atoms with Gasteiger partial charge < -0.3 is 10.1 Å². The van der Waals surface area contributed by atoms with Crippen LogP contribution in [-0.4, -0.2) is 18.6 Å². The summed E-state index contributed by atoms with van der Waals surface area (Å²) >= 11 is 5.86. The highest BCUT2D eigenvalue weighted by atomic mass is 35.5. The molecule has 0 radical (unpaired) electrons. The molecule has 0 aliphatic rings. The number of carbonyl (C=O) groups is 1. The molecule has 2 rings (SSSR count). The van der Waals surface area contributed by atoms with E-state index in [0.717, 1.165) is 5.56 Å². The molecule has 0 saturated heterocycles. The van der Waals surface area contributed by atoms with E-state index < -0.39 is 6.10 Å². The van der Waals surface area contributed by atoms with Gasteiger partial charge in [-0.15, -0.1) is 0 Å². The molecule has 22 heavy (non-hydrogen) atoms. The van der Waals surface area contributed by atoms with Crippen molar-refractivity contribution < 1.29 is 13.9 Å². The predicted molar refractivity (Wildman–Crippen MR) is 84.7 cm³/mol. The Morgan fingerprint density at radius 1 is 1.27 bits per heavy atom. The van der Waals surface area contributed by atoms with Crippen LogP contribution in [0.5, 0.6) is 5.75 Å². The number of carbonyl (C=O) groups excluding carboxylic acids is 1. The van der Waals surface area contributed by atoms with E-state index in [0.29, 0.717) is 23.7 Å². The van der Waals surface area contributed by atoms with Crippen molar-refractivity contribution in [2.75, 3.05) is 6.54 Å². The van der Waals surface area contributed by atoms with Crippen molar-refractivity contribution >= 4 is 17.5 Å². The highest BCUT2D eigenvalue weighted by Crippen LogP contribution is 2.18. The summed E-state index contributed by atoms with van der Waals surface area (Å²) in [6.07, 6.45) is 0.0160. The molecule has 1 N–H and O–H groups in total. The van der Waals surface area contributed by atoms with E-state index in [-0.39, 0.29) is 11.7 Å². The number of rotatable bonds is 6. The molecule has 0 spiro atoms. The average Bonchev–Trinajstić information content (AvgIpc) is 2.49. The zero-order valence-corrected chi connectivity index (χ0v) is 12.9. The van der Waals surface area contributed by atoms with Gasteiger partial charge in [-0.2, -0.15) is 0 Å². The van der Waals surface area contributed by atoms with Crippen LogP contribution in [0.15, 0.2) is 48.5 Å². The van der Waals surface area contributed by atoms with Gasteiger partial charge in [-0.05, 0) is 49.2 Å². The molecule has 1 atom stereocenters. The first-order valence-corrected chi connectivity index (χ1v) is 7.37. The smallest absolute Gasteiger partial charge is 0.260 e. The van der Waals surface area contributed by atoms with E-state index in [1.165, 1.54) is 12.1 Å². The molecule has 0 bridgehead atoms. The van der Waals surface area contributed by atoms with Crippen molar-refractivity contribution in [3.63, 3.8) is 0 Å². The van der Waals surface area contributed by atoms with Crippen molar-refractivity contribution in [1.29, 1.82) is 0 Å². The lowest BCUT2D eigenvalue weighted by Crippen LogP contribution is -2.37. The number of ether oxygens (including phenoxy) is 1. The standard InChI is InChI=1S/C17H17ClFNO2/c1-12(22-16-4-2-3-14(18)11-16)17(21)20-10-9-13-5-7-15(19)8-6-13/h2-8,11-12H,9-10H2,1H3,(H,20,21)/t12-/m1/s1. The summed E-state index contributed by atoms with van der Waals surface area (Å²) in [5, 5.41) is 3.35. The van der Waals surface area contributed by atoms with E-state index >= 15 is 0 Å². The molecule has 2 aromatic rings. The zero-order chi connectivity index (χ0) is 15.9. The van der Waals surface area contributed by atoms with Crippen LogP contribution in [0.4, 0.5) is 4.39 Å². The fraction of sp³-hybridized carbons (Fsp3) is 0.235. The fourth-order valence-corrected chi connectivity index (χ4v) is 2.10. The zero-order valence-electron chi connectivity index (χ0n) is 12.2. The Hall–Kier alpha value is -2.07. The SMILES string of the molecule is C[C@@H](Oc1cccc(Cl)c1)C(=O)NCCc1ccc(F)cc1. The van der Waals surface area contributed by atoms with Gasteiger partial charge in [0, 0.05) is 11.6 Å². The Labute approximate surface area is 134 Å². The summed E-state index contributed by atoms with van der Waals surface area (Å²) in [4.78, 5) is 11.9. The second kappa shape index (κ2) is 7.80. The molecule has 0 aliphatic heterocycles. The van der Waals surface area contributed by atoms with Crippen LogP contribution in [0.1, 0.15) is 12.5 Å². The van der Waals surface area contributed by atoms with Crippen molar-refractivity contribution in [2.45, 2.75) is 19.4 Å². The second-order valence-corrected chi connectivity index (χ2v) is 5.32. The van der Waals surface area contributed by atoms with E-state index in [9.17, 15) is 9.18 Å². The molecule has 2 aromatic carbocycles. The summed E-state index contributed by atoms with van der Waals surface area (Å²) in [5.74, 6) is 0.0760. The first-order chi connectivity index (χ1) is 10.5. The third-order valence-corrected chi connectivity index (χ3v) is 3.34. The summed E-state index contributed by atoms with van der Waals surface area (Å²) in [6, 6.07) is 13.1. The molecule has 5 heteroatoms. The molecule has 0 aromatic heterocycles. The van der Waals surface area contributed by atoms with Crippen LogP contribution in [0.3, 0.4) is 0 Å². The largest absolute Gasteiger partial charge is 0.481 e. The maximum Gasteiger partial charge on any atom is 0.260 e. The molecular formula is C17H17ClFNO2. The molecule has 0 heterocycles. The maximum absolute atomic E-state index is 12.8. The average molecular weight is 322 g/mol. The van der Waals surface area contributed by atoms with Crippen LogP contribution in [0.25, 0.3) is 0 Å². The summed E-state index contributed by atoms with van der Waals surface area (Å²) in [6.45, 7) is 2.14. The summed E-state index contributed by atoms with van der Waals surface area (Å²) < 4.78 is 18.3. The second-order valence-electron chi connectivity index (χ2n) is 4.88. The van der Waals surface area contributed by atoms with Gasteiger partial charge in [0.05, 0.1) is 0 Å². The van der Waals surface area contributed by atoms with Gasteiger partial charge in [0.15, 0.2) is 6.10 Å². The lowest BCUT2D eigenvalue weighted by atomic mass is 10.1. The van der Waals surface area contributed by atoms with Crippen LogP contribution >= 0.6 is 11.6 Å². The number of hydrogen-bond acceptors (Lipinski definition) is 2. The van der Waals surface area contributed by atoms with Crippen LogP contribution in [0.2, 0.25) is 5.02 Å². The van der Waals surface area contributed by atoms with Crippen molar-refractivity contribution in [1.82, 2.24) is 5.32 Å². The quantitative estimate of drug-likeness (QED) is 0.882. The van der Waals surface area contributed by atoms with Crippen molar-refractivity contribution in [2.24, 2.45) is 0 Å². The van der Waals surface area contributed by atoms with Gasteiger partial charge in [0.2, 0.25) is 0 Å². The fourth-order valence-electron chi connectivity index (χ4n) is 1.92. The van der Waals surface area contributed by atoms with Crippen molar-refractivity contribution in [3.05, 3.63) is 64.9 Å². The van der Waals surface area contributed by atoms with Gasteiger partial charge in [-0.3, -0.25) is 4.79 Å². The summed E-state index contributed by atoms with van der Waals surface area (Å²) in [7, 11) is 0. The molecule has 3 nitrogen and oxygen atoms in total. The Kier molecular flexibility index (Phi) is 5.78. The Morgan fingerprint density at radius 2 is 2.00 bits per heavy atom. The van der Waals surface area contributed by atoms with Crippen LogP contribution < -0.4 is 10.1 Å². The van der Waals surface area contributed by atoms with Gasteiger partial charge in [-0.1, -0.05) is 29.8 Å². The summed E-state index contributed by atoms with van der Waals surface area (Å²) in [5.41, 5.74) is 0.963. The first-order valence-electron chi connectivity index (χ1n) is 6.99. The number of nitrogens with one attached hydrogen (secondary N) is 1. The van der Waals surface area contributed by atoms with Gasteiger partial charge >= 0.3 is 0 Å². The van der Waals surface area contributed by atoms with E-state index in [1.807, 2.05) is 0 Å². The number of hydrogen-bond donors (Lipinski definition) is 1. The maximum atomic E-state index is 12.8. The molecule has 0 aliphatic carbocycles. The minimum atomic E-state index is -0.619. The molecule has 116 valence electrons. The highest BCUT2D eigenvalue weighted by Gasteiger charge is 2.14. The third kappa shape index (κ3) is 5.04.